The van der Waals surface area contributed by atoms with Gasteiger partial charge in [-0.05, 0) is 74.2 Å². The summed E-state index contributed by atoms with van der Waals surface area (Å²) in [5.74, 6) is 2.18. The zero-order valence-electron chi connectivity index (χ0n) is 31.8. The van der Waals surface area contributed by atoms with Crippen LogP contribution in [0.2, 0.25) is 10.6 Å². The van der Waals surface area contributed by atoms with Crippen LogP contribution in [0.1, 0.15) is 128 Å². The van der Waals surface area contributed by atoms with E-state index in [0.717, 1.165) is 37.3 Å². The van der Waals surface area contributed by atoms with Crippen LogP contribution in [0.15, 0.2) is 48.5 Å². The first kappa shape index (κ1) is 42.7. The van der Waals surface area contributed by atoms with Crippen LogP contribution < -0.4 is 21.3 Å². The van der Waals surface area contributed by atoms with E-state index in [1.807, 2.05) is 31.2 Å². The maximum atomic E-state index is 5.65. The van der Waals surface area contributed by atoms with Gasteiger partial charge in [-0.25, -0.2) is 0 Å². The van der Waals surface area contributed by atoms with E-state index in [0.29, 0.717) is 23.8 Å². The minimum Gasteiger partial charge on any atom is -0.354 e. The second kappa shape index (κ2) is 26.1. The molecule has 0 atom stereocenters. The van der Waals surface area contributed by atoms with Gasteiger partial charge in [0, 0.05) is 24.5 Å². The summed E-state index contributed by atoms with van der Waals surface area (Å²) in [6.45, 7) is 10.4. The number of benzene rings is 2. The SMILES string of the molecule is CCCCCCCCCCNc1nc(NCCCCCCCCCC)nc(Nc2ccc(C)cc2)n1.Cc1ccc(Nc2nc(Cl)nc(Cl)n2)cc1. The van der Waals surface area contributed by atoms with Crippen molar-refractivity contribution in [2.75, 3.05) is 34.4 Å². The molecule has 52 heavy (non-hydrogen) atoms. The molecule has 4 N–H and O–H groups in total. The minimum absolute atomic E-state index is 0.0645. The van der Waals surface area contributed by atoms with Crippen molar-refractivity contribution in [2.24, 2.45) is 0 Å². The van der Waals surface area contributed by atoms with Crippen LogP contribution in [-0.4, -0.2) is 43.0 Å². The normalized spacial score (nSPS) is 10.7. The van der Waals surface area contributed by atoms with Crippen LogP contribution in [0, 0.1) is 13.8 Å². The molecule has 0 aliphatic carbocycles. The minimum atomic E-state index is 0.0645. The predicted molar refractivity (Wildman–Crippen MR) is 221 cm³/mol. The van der Waals surface area contributed by atoms with E-state index in [9.17, 15) is 0 Å². The van der Waals surface area contributed by atoms with Crippen LogP contribution in [-0.2, 0) is 0 Å². The van der Waals surface area contributed by atoms with Crippen molar-refractivity contribution in [1.29, 1.82) is 0 Å². The number of anilines is 6. The zero-order valence-corrected chi connectivity index (χ0v) is 33.3. The van der Waals surface area contributed by atoms with E-state index in [1.54, 1.807) is 0 Å². The Morgan fingerprint density at radius 1 is 0.404 bits per heavy atom. The van der Waals surface area contributed by atoms with Gasteiger partial charge in [0.1, 0.15) is 0 Å². The number of aromatic nitrogens is 6. The van der Waals surface area contributed by atoms with Gasteiger partial charge in [0.25, 0.3) is 0 Å². The molecule has 4 aromatic rings. The van der Waals surface area contributed by atoms with Crippen molar-refractivity contribution < 1.29 is 0 Å². The second-order valence-corrected chi connectivity index (χ2v) is 14.0. The summed E-state index contributed by atoms with van der Waals surface area (Å²) < 4.78 is 0. The van der Waals surface area contributed by atoms with E-state index < -0.39 is 0 Å². The Balaban J connectivity index is 0.000000376. The third-order valence-electron chi connectivity index (χ3n) is 8.46. The molecule has 0 aliphatic rings. The third kappa shape index (κ3) is 19.2. The highest BCUT2D eigenvalue weighted by Crippen LogP contribution is 2.18. The standard InChI is InChI=1S/C30H52N6.C10H8Cl2N4/c1-4-6-8-10-12-14-16-18-24-31-28-34-29(32-25-19-17-15-13-11-9-7-5-2)36-30(35-28)33-27-22-20-26(3)21-23-27;1-6-2-4-7(5-3-6)13-10-15-8(11)14-9(12)16-10/h20-23H,4-19,24-25H2,1-3H3,(H3,31,32,33,34,35,36);2-5H,1H3,(H,13,14,15,16). The first-order chi connectivity index (χ1) is 25.3. The summed E-state index contributed by atoms with van der Waals surface area (Å²) in [5, 5.41) is 13.3. The molecule has 0 amide bonds. The first-order valence-corrected chi connectivity index (χ1v) is 20.1. The van der Waals surface area contributed by atoms with Gasteiger partial charge in [-0.3, -0.25) is 0 Å². The summed E-state index contributed by atoms with van der Waals surface area (Å²) >= 11 is 11.3. The number of hydrogen-bond donors (Lipinski definition) is 4. The fourth-order valence-electron chi connectivity index (χ4n) is 5.42. The number of nitrogens with zero attached hydrogens (tertiary/aromatic N) is 6. The average Bonchev–Trinajstić information content (AvgIpc) is 3.12. The summed E-state index contributed by atoms with van der Waals surface area (Å²) in [5.41, 5.74) is 4.26. The van der Waals surface area contributed by atoms with Crippen LogP contribution in [0.4, 0.5) is 35.2 Å². The van der Waals surface area contributed by atoms with Crippen molar-refractivity contribution in [3.05, 3.63) is 70.2 Å². The molecule has 0 fully saturated rings. The van der Waals surface area contributed by atoms with Crippen LogP contribution in [0.5, 0.6) is 0 Å². The highest BCUT2D eigenvalue weighted by Gasteiger charge is 2.08. The maximum absolute atomic E-state index is 5.65. The van der Waals surface area contributed by atoms with Crippen molar-refractivity contribution >= 4 is 58.4 Å². The lowest BCUT2D eigenvalue weighted by atomic mass is 10.1. The maximum Gasteiger partial charge on any atom is 0.233 e. The van der Waals surface area contributed by atoms with E-state index in [-0.39, 0.29) is 10.6 Å². The van der Waals surface area contributed by atoms with Gasteiger partial charge in [0.15, 0.2) is 0 Å². The Bertz CT molecular complexity index is 1460. The zero-order chi connectivity index (χ0) is 37.2. The Kier molecular flexibility index (Phi) is 21.4. The Hall–Kier alpha value is -3.76. The molecule has 284 valence electrons. The lowest BCUT2D eigenvalue weighted by Crippen LogP contribution is -2.12. The van der Waals surface area contributed by atoms with Crippen LogP contribution >= 0.6 is 23.2 Å². The van der Waals surface area contributed by atoms with Gasteiger partial charge in [-0.1, -0.05) is 139 Å². The number of halogens is 2. The highest BCUT2D eigenvalue weighted by molar-refractivity contribution is 6.31. The molecule has 4 rings (SSSR count). The van der Waals surface area contributed by atoms with Gasteiger partial charge < -0.3 is 21.3 Å². The molecule has 0 bridgehead atoms. The molecule has 12 heteroatoms. The third-order valence-corrected chi connectivity index (χ3v) is 8.80. The van der Waals surface area contributed by atoms with Gasteiger partial charge in [-0.15, -0.1) is 0 Å². The lowest BCUT2D eigenvalue weighted by Gasteiger charge is -2.12. The molecule has 0 spiro atoms. The number of hydrogen-bond acceptors (Lipinski definition) is 10. The largest absolute Gasteiger partial charge is 0.354 e. The molecular formula is C40H60Cl2N10. The Morgan fingerprint density at radius 2 is 0.731 bits per heavy atom. The number of rotatable bonds is 24. The monoisotopic (exact) mass is 750 g/mol. The molecule has 2 aromatic heterocycles. The molecule has 10 nitrogen and oxygen atoms in total. The summed E-state index contributed by atoms with van der Waals surface area (Å²) in [7, 11) is 0. The van der Waals surface area contributed by atoms with Gasteiger partial charge in [0.05, 0.1) is 0 Å². The van der Waals surface area contributed by atoms with E-state index in [4.69, 9.17) is 23.2 Å². The lowest BCUT2D eigenvalue weighted by molar-refractivity contribution is 0.580. The highest BCUT2D eigenvalue weighted by atomic mass is 35.5. The smallest absolute Gasteiger partial charge is 0.233 e. The van der Waals surface area contributed by atoms with E-state index >= 15 is 0 Å². The van der Waals surface area contributed by atoms with Gasteiger partial charge >= 0.3 is 0 Å². The molecule has 2 heterocycles. The Labute approximate surface area is 322 Å². The molecule has 2 aromatic carbocycles. The van der Waals surface area contributed by atoms with Crippen molar-refractivity contribution in [3.63, 3.8) is 0 Å². The molecule has 0 unspecified atom stereocenters. The van der Waals surface area contributed by atoms with Crippen molar-refractivity contribution in [2.45, 2.75) is 130 Å². The molecule has 0 saturated carbocycles. The fourth-order valence-corrected chi connectivity index (χ4v) is 5.79. The number of unbranched alkanes of at least 4 members (excludes halogenated alkanes) is 14. The average molecular weight is 752 g/mol. The first-order valence-electron chi connectivity index (χ1n) is 19.3. The van der Waals surface area contributed by atoms with Crippen LogP contribution in [0.25, 0.3) is 0 Å². The molecule has 0 aliphatic heterocycles. The van der Waals surface area contributed by atoms with Crippen molar-refractivity contribution in [3.8, 4) is 0 Å². The molecule has 0 saturated heterocycles. The number of aryl methyl sites for hydroxylation is 2. The number of nitrogens with one attached hydrogen (secondary N) is 4. The van der Waals surface area contributed by atoms with Gasteiger partial charge in [0.2, 0.25) is 34.4 Å². The van der Waals surface area contributed by atoms with Gasteiger partial charge in [-0.2, -0.15) is 29.9 Å². The molecule has 0 radical (unpaired) electrons. The summed E-state index contributed by atoms with van der Waals surface area (Å²) in [6.07, 6.45) is 21.0. The van der Waals surface area contributed by atoms with E-state index in [2.05, 4.69) is 96.2 Å². The molecular weight excluding hydrogens is 691 g/mol. The second-order valence-electron chi connectivity index (χ2n) is 13.3. The predicted octanol–water partition coefficient (Wildman–Crippen LogP) is 12.3. The quantitative estimate of drug-likeness (QED) is 0.0514. The summed E-state index contributed by atoms with van der Waals surface area (Å²) in [6, 6.07) is 16.1. The topological polar surface area (TPSA) is 125 Å². The fraction of sp³-hybridized carbons (Fsp3) is 0.550. The van der Waals surface area contributed by atoms with Crippen LogP contribution in [0.3, 0.4) is 0 Å². The van der Waals surface area contributed by atoms with E-state index in [1.165, 1.54) is 101 Å². The summed E-state index contributed by atoms with van der Waals surface area (Å²) in [4.78, 5) is 25.4. The van der Waals surface area contributed by atoms with Crippen molar-refractivity contribution in [1.82, 2.24) is 29.9 Å². The Morgan fingerprint density at radius 3 is 1.12 bits per heavy atom.